The Morgan fingerprint density at radius 2 is 2.09 bits per heavy atom. The van der Waals surface area contributed by atoms with Gasteiger partial charge in [-0.25, -0.2) is 19.2 Å². The molecular weight excluding hydrogens is 427 g/mol. The molecule has 2 aromatic heterocycles. The van der Waals surface area contributed by atoms with Crippen LogP contribution in [0.3, 0.4) is 0 Å². The number of carbonyl (C=O) groups is 1. The average Bonchev–Trinajstić information content (AvgIpc) is 3.15. The fraction of sp³-hybridized carbons (Fsp3) is 0.304. The summed E-state index contributed by atoms with van der Waals surface area (Å²) in [5, 5.41) is 13.1. The van der Waals surface area contributed by atoms with Gasteiger partial charge in [0.25, 0.3) is 5.91 Å². The molecule has 0 spiro atoms. The van der Waals surface area contributed by atoms with Gasteiger partial charge in [-0.1, -0.05) is 12.1 Å². The number of nitrogens with zero attached hydrogens (tertiary/aromatic N) is 6. The van der Waals surface area contributed by atoms with E-state index in [4.69, 9.17) is 9.68 Å². The number of rotatable bonds is 6. The van der Waals surface area contributed by atoms with E-state index < -0.39 is 17.5 Å². The molecule has 33 heavy (non-hydrogen) atoms. The molecule has 1 amide bonds. The topological polar surface area (TPSA) is 117 Å². The zero-order valence-corrected chi connectivity index (χ0v) is 18.2. The summed E-state index contributed by atoms with van der Waals surface area (Å²) in [7, 11) is 1.54. The number of hydrogen-bond acceptors (Lipinski definition) is 7. The number of halogens is 1. The predicted molar refractivity (Wildman–Crippen MR) is 117 cm³/mol. The molecule has 0 unspecified atom stereocenters. The van der Waals surface area contributed by atoms with Gasteiger partial charge in [0, 0.05) is 26.1 Å². The minimum Gasteiger partial charge on any atom is -0.390 e. The fourth-order valence-electron chi connectivity index (χ4n) is 3.96. The quantitative estimate of drug-likeness (QED) is 0.535. The Kier molecular flexibility index (Phi) is 5.64. The van der Waals surface area contributed by atoms with E-state index in [2.05, 4.69) is 21.8 Å². The maximum absolute atomic E-state index is 15.2. The lowest BCUT2D eigenvalue weighted by Crippen LogP contribution is -2.41. The van der Waals surface area contributed by atoms with Crippen LogP contribution >= 0.6 is 0 Å². The summed E-state index contributed by atoms with van der Waals surface area (Å²) in [5.74, 6) is -0.813. The molecule has 2 heterocycles. The number of amides is 1. The lowest BCUT2D eigenvalue weighted by molar-refractivity contribution is 0.00178. The van der Waals surface area contributed by atoms with Crippen molar-refractivity contribution in [3.05, 3.63) is 75.2 Å². The predicted octanol–water partition coefficient (Wildman–Crippen LogP) is 3.22. The van der Waals surface area contributed by atoms with E-state index in [0.717, 1.165) is 4.68 Å². The Morgan fingerprint density at radius 1 is 1.39 bits per heavy atom. The fourth-order valence-corrected chi connectivity index (χ4v) is 3.96. The minimum atomic E-state index is -1.60. The number of aliphatic imine (C=N–C) groups is 1. The highest BCUT2D eigenvalue weighted by Crippen LogP contribution is 2.50. The summed E-state index contributed by atoms with van der Waals surface area (Å²) in [6.07, 6.45) is 1.66. The van der Waals surface area contributed by atoms with Gasteiger partial charge < -0.3 is 9.32 Å². The zero-order chi connectivity index (χ0) is 23.8. The highest BCUT2D eigenvalue weighted by Gasteiger charge is 2.48. The summed E-state index contributed by atoms with van der Waals surface area (Å²) in [6, 6.07) is 9.52. The maximum atomic E-state index is 15.2. The van der Waals surface area contributed by atoms with Crippen LogP contribution in [0.4, 0.5) is 10.2 Å². The monoisotopic (exact) mass is 448 g/mol. The van der Waals surface area contributed by atoms with Crippen LogP contribution in [0.1, 0.15) is 51.8 Å². The Hall–Kier alpha value is -4.13. The normalized spacial score (nSPS) is 19.4. The molecular formula is C23H21FN6O3. The highest BCUT2D eigenvalue weighted by atomic mass is 19.1. The smallest absolute Gasteiger partial charge is 0.390 e. The van der Waals surface area contributed by atoms with Crippen LogP contribution in [0.5, 0.6) is 0 Å². The number of carbonyl (C=O) groups excluding carboxylic acids is 1. The van der Waals surface area contributed by atoms with Crippen molar-refractivity contribution in [3.8, 4) is 6.07 Å². The van der Waals surface area contributed by atoms with E-state index in [9.17, 15) is 9.59 Å². The summed E-state index contributed by atoms with van der Waals surface area (Å²) in [6.45, 7) is 5.15. The van der Waals surface area contributed by atoms with Crippen molar-refractivity contribution in [3.63, 3.8) is 0 Å². The maximum Gasteiger partial charge on any atom is 0.437 e. The minimum absolute atomic E-state index is 0.0419. The van der Waals surface area contributed by atoms with Crippen molar-refractivity contribution < 1.29 is 13.6 Å². The first-order chi connectivity index (χ1) is 15.8. The second kappa shape index (κ2) is 8.43. The second-order valence-corrected chi connectivity index (χ2v) is 8.07. The molecule has 1 aliphatic rings. The molecule has 10 heteroatoms. The SMILES string of the molecule is C=Nc1nccc(C)c1C(=O)N(C)Cc1nn([C@H]2C[C@](F)(c3ccc(C#N)cc3)C2)c(=O)o1. The first kappa shape index (κ1) is 22.1. The molecule has 4 rings (SSSR count). The van der Waals surface area contributed by atoms with Gasteiger partial charge in [-0.05, 0) is 43.0 Å². The van der Waals surface area contributed by atoms with E-state index in [1.165, 1.54) is 11.1 Å². The van der Waals surface area contributed by atoms with Gasteiger partial charge in [-0.2, -0.15) is 9.94 Å². The Balaban J connectivity index is 1.46. The van der Waals surface area contributed by atoms with Crippen LogP contribution in [0, 0.1) is 18.3 Å². The van der Waals surface area contributed by atoms with Gasteiger partial charge in [0.15, 0.2) is 5.82 Å². The number of aryl methyl sites for hydroxylation is 1. The van der Waals surface area contributed by atoms with E-state index >= 15 is 4.39 Å². The molecule has 168 valence electrons. The van der Waals surface area contributed by atoms with Crippen LogP contribution in [-0.2, 0) is 12.2 Å². The molecule has 3 aromatic rings. The van der Waals surface area contributed by atoms with Crippen LogP contribution in [0.25, 0.3) is 0 Å². The van der Waals surface area contributed by atoms with Gasteiger partial charge in [-0.15, -0.1) is 5.10 Å². The van der Waals surface area contributed by atoms with Crippen LogP contribution < -0.4 is 5.76 Å². The van der Waals surface area contributed by atoms with Crippen LogP contribution in [0.2, 0.25) is 0 Å². The first-order valence-corrected chi connectivity index (χ1v) is 10.2. The first-order valence-electron chi connectivity index (χ1n) is 10.2. The van der Waals surface area contributed by atoms with Crippen molar-refractivity contribution in [1.82, 2.24) is 19.7 Å². The van der Waals surface area contributed by atoms with Crippen molar-refractivity contribution in [2.75, 3.05) is 7.05 Å². The standard InChI is InChI=1S/C23H21FN6O3/c1-14-8-9-27-20(26-2)19(14)21(31)29(3)13-18-28-30(22(32)33-18)17-10-23(24,11-17)16-6-4-15(12-25)5-7-16/h4-9,17H,2,10-11,13H2,1,3H3/t17-,23+. The van der Waals surface area contributed by atoms with E-state index in [0.29, 0.717) is 22.3 Å². The van der Waals surface area contributed by atoms with Gasteiger partial charge in [-0.3, -0.25) is 4.79 Å². The number of hydrogen-bond donors (Lipinski definition) is 0. The molecule has 0 aliphatic heterocycles. The Morgan fingerprint density at radius 3 is 2.73 bits per heavy atom. The Labute approximate surface area is 188 Å². The molecule has 0 saturated heterocycles. The number of aromatic nitrogens is 3. The molecule has 0 bridgehead atoms. The van der Waals surface area contributed by atoms with Gasteiger partial charge in [0.1, 0.15) is 5.67 Å². The van der Waals surface area contributed by atoms with E-state index in [1.54, 1.807) is 44.3 Å². The zero-order valence-electron chi connectivity index (χ0n) is 18.2. The van der Waals surface area contributed by atoms with Crippen LogP contribution in [0.15, 0.2) is 50.7 Å². The average molecular weight is 448 g/mol. The van der Waals surface area contributed by atoms with Crippen molar-refractivity contribution in [2.45, 2.75) is 38.0 Å². The third-order valence-electron chi connectivity index (χ3n) is 5.83. The summed E-state index contributed by atoms with van der Waals surface area (Å²) in [5.41, 5.74) is 0.300. The Bertz CT molecular complexity index is 1320. The number of benzene rings is 1. The van der Waals surface area contributed by atoms with Gasteiger partial charge in [0.2, 0.25) is 5.89 Å². The lowest BCUT2D eigenvalue weighted by Gasteiger charge is -2.40. The molecule has 1 saturated carbocycles. The highest BCUT2D eigenvalue weighted by molar-refractivity contribution is 5.99. The number of alkyl halides is 1. The van der Waals surface area contributed by atoms with Crippen LogP contribution in [-0.4, -0.2) is 39.3 Å². The van der Waals surface area contributed by atoms with E-state index in [-0.39, 0.29) is 37.0 Å². The van der Waals surface area contributed by atoms with Gasteiger partial charge in [0.05, 0.1) is 29.8 Å². The lowest BCUT2D eigenvalue weighted by atomic mass is 9.73. The van der Waals surface area contributed by atoms with Gasteiger partial charge >= 0.3 is 5.76 Å². The van der Waals surface area contributed by atoms with E-state index in [1.807, 2.05) is 6.07 Å². The summed E-state index contributed by atoms with van der Waals surface area (Å²) < 4.78 is 21.6. The summed E-state index contributed by atoms with van der Waals surface area (Å²) >= 11 is 0. The molecule has 1 aromatic carbocycles. The molecule has 0 atom stereocenters. The molecule has 9 nitrogen and oxygen atoms in total. The second-order valence-electron chi connectivity index (χ2n) is 8.07. The summed E-state index contributed by atoms with van der Waals surface area (Å²) in [4.78, 5) is 34.4. The molecule has 0 N–H and O–H groups in total. The molecule has 0 radical (unpaired) electrons. The largest absolute Gasteiger partial charge is 0.437 e. The van der Waals surface area contributed by atoms with Crippen molar-refractivity contribution in [1.29, 1.82) is 5.26 Å². The number of pyridine rings is 1. The molecule has 1 aliphatic carbocycles. The molecule has 1 fully saturated rings. The third kappa shape index (κ3) is 4.05. The number of nitriles is 1. The third-order valence-corrected chi connectivity index (χ3v) is 5.83. The van der Waals surface area contributed by atoms with Crippen molar-refractivity contribution >= 4 is 18.4 Å². The van der Waals surface area contributed by atoms with Crippen molar-refractivity contribution in [2.24, 2.45) is 4.99 Å².